The van der Waals surface area contributed by atoms with Crippen LogP contribution in [-0.4, -0.2) is 0 Å². The third-order valence-electron chi connectivity index (χ3n) is 12.2. The van der Waals surface area contributed by atoms with Crippen molar-refractivity contribution in [1.82, 2.24) is 0 Å². The van der Waals surface area contributed by atoms with E-state index in [1.807, 2.05) is 0 Å². The van der Waals surface area contributed by atoms with E-state index < -0.39 is 0 Å². The van der Waals surface area contributed by atoms with Crippen LogP contribution in [0.1, 0.15) is 11.1 Å². The average Bonchev–Trinajstić information content (AvgIpc) is 3.69. The highest BCUT2D eigenvalue weighted by molar-refractivity contribution is 6.42. The van der Waals surface area contributed by atoms with Crippen molar-refractivity contribution in [1.29, 1.82) is 0 Å². The van der Waals surface area contributed by atoms with Gasteiger partial charge in [0.2, 0.25) is 0 Å². The van der Waals surface area contributed by atoms with Gasteiger partial charge in [-0.3, -0.25) is 0 Å². The highest BCUT2D eigenvalue weighted by Crippen LogP contribution is 2.51. The Hall–Kier alpha value is -6.50. The highest BCUT2D eigenvalue weighted by atomic mass is 14.3. The Balaban J connectivity index is 1.29. The van der Waals surface area contributed by atoms with E-state index in [-0.39, 0.29) is 0 Å². The Morgan fingerprint density at radius 1 is 0.269 bits per heavy atom. The molecular formula is C52H32. The minimum absolute atomic E-state index is 1.28. The summed E-state index contributed by atoms with van der Waals surface area (Å²) in [6, 6.07) is 59.7. The average molecular weight is 657 g/mol. The Bertz CT molecular complexity index is 3470. The summed E-state index contributed by atoms with van der Waals surface area (Å²) in [6.45, 7) is 4.52. The standard InChI is InChI=1S/C52H32/c1-29-19-21-31-11-3-5-13-34(31)48(29)33-25-44-36-15-7-8-16-37(36)46-27-42-40-23-24-41(49-30(2)20-22-32-12-4-6-14-35(32)49)51-39-18-10-9-17-38(39)47(52(40)51)28-43(42)45(26-33)50(44)46/h3-28H,1-2H3. The van der Waals surface area contributed by atoms with Gasteiger partial charge in [0.15, 0.2) is 0 Å². The molecule has 12 aromatic carbocycles. The second kappa shape index (κ2) is 10.1. The van der Waals surface area contributed by atoms with Gasteiger partial charge in [-0.05, 0) is 168 Å². The maximum absolute atomic E-state index is 2.53. The summed E-state index contributed by atoms with van der Waals surface area (Å²) in [5.74, 6) is 0. The number of benzene rings is 10. The van der Waals surface area contributed by atoms with Gasteiger partial charge >= 0.3 is 0 Å². The molecule has 0 unspecified atom stereocenters. The first-order valence-corrected chi connectivity index (χ1v) is 18.4. The van der Waals surface area contributed by atoms with Gasteiger partial charge in [-0.2, -0.15) is 0 Å². The number of hydrogen-bond acceptors (Lipinski definition) is 0. The van der Waals surface area contributed by atoms with Crippen LogP contribution in [0.3, 0.4) is 0 Å². The summed E-state index contributed by atoms with van der Waals surface area (Å²) < 4.78 is 0. The van der Waals surface area contributed by atoms with Crippen molar-refractivity contribution in [2.75, 3.05) is 0 Å². The molecule has 0 N–H and O–H groups in total. The van der Waals surface area contributed by atoms with Crippen LogP contribution in [0.4, 0.5) is 0 Å². The first kappa shape index (κ1) is 28.2. The molecule has 52 heavy (non-hydrogen) atoms. The predicted octanol–water partition coefficient (Wildman–Crippen LogP) is 14.9. The third kappa shape index (κ3) is 3.56. The van der Waals surface area contributed by atoms with E-state index in [9.17, 15) is 0 Å². The van der Waals surface area contributed by atoms with Crippen LogP contribution in [0.25, 0.3) is 119 Å². The lowest BCUT2D eigenvalue weighted by Gasteiger charge is -2.16. The Morgan fingerprint density at radius 3 is 1.37 bits per heavy atom. The lowest BCUT2D eigenvalue weighted by atomic mass is 9.87. The predicted molar refractivity (Wildman–Crippen MR) is 227 cm³/mol. The minimum atomic E-state index is 1.28. The van der Waals surface area contributed by atoms with E-state index in [0.29, 0.717) is 0 Å². The first-order valence-electron chi connectivity index (χ1n) is 18.4. The van der Waals surface area contributed by atoms with Gasteiger partial charge in [0.25, 0.3) is 0 Å². The molecule has 0 atom stereocenters. The van der Waals surface area contributed by atoms with Gasteiger partial charge in [0.05, 0.1) is 0 Å². The Morgan fingerprint density at radius 2 is 0.712 bits per heavy atom. The quantitative estimate of drug-likeness (QED) is 0.162. The molecule has 0 spiro atoms. The zero-order chi connectivity index (χ0) is 34.2. The summed E-state index contributed by atoms with van der Waals surface area (Å²) in [4.78, 5) is 0. The van der Waals surface area contributed by atoms with E-state index in [4.69, 9.17) is 0 Å². The van der Waals surface area contributed by atoms with E-state index in [0.717, 1.165) is 0 Å². The molecule has 0 nitrogen and oxygen atoms in total. The Labute approximate surface area is 300 Å². The van der Waals surface area contributed by atoms with Gasteiger partial charge in [-0.15, -0.1) is 0 Å². The fourth-order valence-electron chi connectivity index (χ4n) is 9.95. The molecular weight excluding hydrogens is 625 g/mol. The van der Waals surface area contributed by atoms with Gasteiger partial charge in [0, 0.05) is 0 Å². The molecule has 0 aliphatic rings. The third-order valence-corrected chi connectivity index (χ3v) is 12.2. The first-order chi connectivity index (χ1) is 25.6. The zero-order valence-electron chi connectivity index (χ0n) is 29.0. The maximum Gasteiger partial charge on any atom is -0.00137 e. The van der Waals surface area contributed by atoms with Crippen molar-refractivity contribution in [3.63, 3.8) is 0 Å². The summed E-state index contributed by atoms with van der Waals surface area (Å²) in [6.07, 6.45) is 0. The molecule has 0 amide bonds. The van der Waals surface area contributed by atoms with Crippen LogP contribution in [-0.2, 0) is 0 Å². The monoisotopic (exact) mass is 656 g/mol. The molecule has 0 bridgehead atoms. The molecule has 240 valence electrons. The molecule has 0 fully saturated rings. The van der Waals surface area contributed by atoms with Crippen molar-refractivity contribution in [2.45, 2.75) is 13.8 Å². The number of rotatable bonds is 2. The lowest BCUT2D eigenvalue weighted by molar-refractivity contribution is 1.50. The summed E-state index contributed by atoms with van der Waals surface area (Å²) >= 11 is 0. The van der Waals surface area contributed by atoms with E-state index in [1.54, 1.807) is 0 Å². The molecule has 12 rings (SSSR count). The molecule has 0 aliphatic carbocycles. The maximum atomic E-state index is 2.53. The van der Waals surface area contributed by atoms with Crippen molar-refractivity contribution in [3.05, 3.63) is 169 Å². The Kier molecular flexibility index (Phi) is 5.46. The molecule has 0 saturated heterocycles. The smallest absolute Gasteiger partial charge is 0.00137 e. The fourth-order valence-corrected chi connectivity index (χ4v) is 9.95. The topological polar surface area (TPSA) is 0 Å². The van der Waals surface area contributed by atoms with Gasteiger partial charge in [-0.25, -0.2) is 0 Å². The summed E-state index contributed by atoms with van der Waals surface area (Å²) in [5, 5.41) is 23.9. The van der Waals surface area contributed by atoms with Crippen molar-refractivity contribution < 1.29 is 0 Å². The molecule has 0 heteroatoms. The molecule has 12 aromatic rings. The van der Waals surface area contributed by atoms with Gasteiger partial charge in [0.1, 0.15) is 0 Å². The van der Waals surface area contributed by atoms with Crippen molar-refractivity contribution >= 4 is 97.0 Å². The minimum Gasteiger partial charge on any atom is -0.0616 e. The molecule has 0 saturated carbocycles. The lowest BCUT2D eigenvalue weighted by Crippen LogP contribution is -1.90. The van der Waals surface area contributed by atoms with Crippen LogP contribution in [0.5, 0.6) is 0 Å². The second-order valence-corrected chi connectivity index (χ2v) is 14.8. The largest absolute Gasteiger partial charge is 0.0616 e. The van der Waals surface area contributed by atoms with Crippen LogP contribution >= 0.6 is 0 Å². The van der Waals surface area contributed by atoms with Crippen molar-refractivity contribution in [3.8, 4) is 22.3 Å². The van der Waals surface area contributed by atoms with Gasteiger partial charge < -0.3 is 0 Å². The van der Waals surface area contributed by atoms with Crippen molar-refractivity contribution in [2.24, 2.45) is 0 Å². The van der Waals surface area contributed by atoms with E-state index in [1.165, 1.54) is 130 Å². The van der Waals surface area contributed by atoms with Crippen LogP contribution in [0, 0.1) is 13.8 Å². The molecule has 0 aromatic heterocycles. The number of hydrogen-bond donors (Lipinski definition) is 0. The molecule has 0 aliphatic heterocycles. The van der Waals surface area contributed by atoms with E-state index in [2.05, 4.69) is 172 Å². The fraction of sp³-hybridized carbons (Fsp3) is 0.0385. The summed E-state index contributed by atoms with van der Waals surface area (Å²) in [5.41, 5.74) is 7.87. The summed E-state index contributed by atoms with van der Waals surface area (Å²) in [7, 11) is 0. The van der Waals surface area contributed by atoms with Gasteiger partial charge in [-0.1, -0.05) is 133 Å². The molecule has 0 radical (unpaired) electrons. The second-order valence-electron chi connectivity index (χ2n) is 14.8. The normalized spacial score (nSPS) is 12.4. The highest BCUT2D eigenvalue weighted by Gasteiger charge is 2.23. The van der Waals surface area contributed by atoms with Crippen LogP contribution in [0.15, 0.2) is 158 Å². The zero-order valence-corrected chi connectivity index (χ0v) is 29.0. The van der Waals surface area contributed by atoms with E-state index >= 15 is 0 Å². The SMILES string of the molecule is Cc1ccc2ccccc2c1-c1cc2c3ccccc3c3cc4c(cc5c6ccccc6c6c(-c7c(C)ccc8ccccc78)ccc4c56)c(c1)c23. The number of aryl methyl sites for hydroxylation is 2. The molecule has 0 heterocycles. The van der Waals surface area contributed by atoms with Crippen LogP contribution < -0.4 is 0 Å². The number of fused-ring (bicyclic) bond motifs is 11. The van der Waals surface area contributed by atoms with Crippen LogP contribution in [0.2, 0.25) is 0 Å².